The Morgan fingerprint density at radius 3 is 2.67 bits per heavy atom. The van der Waals surface area contributed by atoms with Crippen LogP contribution in [0.5, 0.6) is 5.75 Å². The van der Waals surface area contributed by atoms with Crippen LogP contribution in [0.3, 0.4) is 0 Å². The summed E-state index contributed by atoms with van der Waals surface area (Å²) >= 11 is 3.38. The summed E-state index contributed by atoms with van der Waals surface area (Å²) in [6.07, 6.45) is 0.622. The number of hydrogen-bond acceptors (Lipinski definition) is 3. The summed E-state index contributed by atoms with van der Waals surface area (Å²) in [5.41, 5.74) is 5.88. The molecule has 3 nitrogen and oxygen atoms in total. The van der Waals surface area contributed by atoms with Crippen molar-refractivity contribution in [1.82, 2.24) is 5.43 Å². The third-order valence-corrected chi connectivity index (χ3v) is 4.14. The van der Waals surface area contributed by atoms with Gasteiger partial charge in [-0.25, -0.2) is 4.39 Å². The van der Waals surface area contributed by atoms with Crippen molar-refractivity contribution in [3.8, 4) is 5.75 Å². The monoisotopic (exact) mass is 352 g/mol. The van der Waals surface area contributed by atoms with Crippen molar-refractivity contribution in [2.75, 3.05) is 7.11 Å². The van der Waals surface area contributed by atoms with E-state index < -0.39 is 0 Å². The van der Waals surface area contributed by atoms with E-state index >= 15 is 0 Å². The van der Waals surface area contributed by atoms with Gasteiger partial charge in [-0.15, -0.1) is 0 Å². The molecule has 0 aliphatic rings. The van der Waals surface area contributed by atoms with Gasteiger partial charge in [0.1, 0.15) is 11.6 Å². The second-order valence-corrected chi connectivity index (χ2v) is 5.76. The van der Waals surface area contributed by atoms with Gasteiger partial charge in [0.25, 0.3) is 0 Å². The molecule has 2 rings (SSSR count). The van der Waals surface area contributed by atoms with E-state index in [4.69, 9.17) is 10.6 Å². The molecule has 0 saturated carbocycles. The van der Waals surface area contributed by atoms with Crippen LogP contribution < -0.4 is 16.0 Å². The average Bonchev–Trinajstić information content (AvgIpc) is 2.47. The molecule has 0 fully saturated rings. The lowest BCUT2D eigenvalue weighted by atomic mass is 9.97. The van der Waals surface area contributed by atoms with E-state index in [0.29, 0.717) is 6.42 Å². The molecule has 0 aliphatic carbocycles. The largest absolute Gasteiger partial charge is 0.496 e. The van der Waals surface area contributed by atoms with Gasteiger partial charge in [0, 0.05) is 10.0 Å². The van der Waals surface area contributed by atoms with E-state index in [1.807, 2.05) is 25.1 Å². The predicted octanol–water partition coefficient (Wildman–Crippen LogP) is 3.65. The van der Waals surface area contributed by atoms with Crippen molar-refractivity contribution in [3.63, 3.8) is 0 Å². The van der Waals surface area contributed by atoms with Gasteiger partial charge >= 0.3 is 0 Å². The second-order valence-electron chi connectivity index (χ2n) is 4.90. The Kier molecular flexibility index (Phi) is 5.33. The number of methoxy groups -OCH3 is 1. The highest BCUT2D eigenvalue weighted by atomic mass is 79.9. The van der Waals surface area contributed by atoms with Crippen molar-refractivity contribution in [1.29, 1.82) is 0 Å². The van der Waals surface area contributed by atoms with Crippen LogP contribution in [-0.4, -0.2) is 7.11 Å². The second kappa shape index (κ2) is 7.02. The number of ether oxygens (including phenoxy) is 1. The summed E-state index contributed by atoms with van der Waals surface area (Å²) in [7, 11) is 1.64. The van der Waals surface area contributed by atoms with E-state index in [2.05, 4.69) is 21.4 Å². The number of hydrogen-bond donors (Lipinski definition) is 2. The first-order valence-electron chi connectivity index (χ1n) is 6.59. The SMILES string of the molecule is COc1cc(C)ccc1C(Cc1ccc(F)cc1Br)NN. The lowest BCUT2D eigenvalue weighted by Gasteiger charge is -2.20. The fourth-order valence-electron chi connectivity index (χ4n) is 2.27. The minimum absolute atomic E-state index is 0.123. The highest BCUT2D eigenvalue weighted by Crippen LogP contribution is 2.30. The molecule has 0 aliphatic heterocycles. The summed E-state index contributed by atoms with van der Waals surface area (Å²) in [6.45, 7) is 2.01. The van der Waals surface area contributed by atoms with Crippen molar-refractivity contribution >= 4 is 15.9 Å². The zero-order valence-electron chi connectivity index (χ0n) is 12.0. The molecular formula is C16H18BrFN2O. The van der Waals surface area contributed by atoms with Crippen LogP contribution in [0.1, 0.15) is 22.7 Å². The Labute approximate surface area is 132 Å². The third kappa shape index (κ3) is 3.81. The van der Waals surface area contributed by atoms with E-state index in [1.165, 1.54) is 12.1 Å². The number of rotatable bonds is 5. The van der Waals surface area contributed by atoms with Crippen molar-refractivity contribution in [2.45, 2.75) is 19.4 Å². The lowest BCUT2D eigenvalue weighted by molar-refractivity contribution is 0.398. The molecule has 0 heterocycles. The summed E-state index contributed by atoms with van der Waals surface area (Å²) in [4.78, 5) is 0. The summed E-state index contributed by atoms with van der Waals surface area (Å²) in [5.74, 6) is 6.22. The molecule has 21 heavy (non-hydrogen) atoms. The van der Waals surface area contributed by atoms with Crippen LogP contribution in [-0.2, 0) is 6.42 Å². The standard InChI is InChI=1S/C16H18BrFN2O/c1-10-3-6-13(16(7-10)21-2)15(20-19)8-11-4-5-12(18)9-14(11)17/h3-7,9,15,20H,8,19H2,1-2H3. The number of nitrogens with one attached hydrogen (secondary N) is 1. The molecule has 2 aromatic rings. The molecular weight excluding hydrogens is 335 g/mol. The van der Waals surface area contributed by atoms with Crippen LogP contribution in [0, 0.1) is 12.7 Å². The van der Waals surface area contributed by atoms with Crippen molar-refractivity contribution in [2.24, 2.45) is 5.84 Å². The molecule has 0 spiro atoms. The molecule has 0 bridgehead atoms. The minimum Gasteiger partial charge on any atom is -0.496 e. The molecule has 3 N–H and O–H groups in total. The lowest BCUT2D eigenvalue weighted by Crippen LogP contribution is -2.30. The number of aryl methyl sites for hydroxylation is 1. The zero-order valence-corrected chi connectivity index (χ0v) is 13.6. The average molecular weight is 353 g/mol. The third-order valence-electron chi connectivity index (χ3n) is 3.40. The predicted molar refractivity (Wildman–Crippen MR) is 85.6 cm³/mol. The van der Waals surface area contributed by atoms with E-state index in [1.54, 1.807) is 13.2 Å². The molecule has 2 aromatic carbocycles. The number of nitrogens with two attached hydrogens (primary N) is 1. The van der Waals surface area contributed by atoms with E-state index in [-0.39, 0.29) is 11.9 Å². The summed E-state index contributed by atoms with van der Waals surface area (Å²) < 4.78 is 19.3. The van der Waals surface area contributed by atoms with Crippen LogP contribution >= 0.6 is 15.9 Å². The minimum atomic E-state index is -0.268. The Balaban J connectivity index is 2.32. The fraction of sp³-hybridized carbons (Fsp3) is 0.250. The van der Waals surface area contributed by atoms with E-state index in [0.717, 1.165) is 26.9 Å². The maximum absolute atomic E-state index is 13.2. The number of hydrazine groups is 1. The molecule has 1 atom stereocenters. The topological polar surface area (TPSA) is 47.3 Å². The summed E-state index contributed by atoms with van der Waals surface area (Å²) in [6, 6.07) is 10.5. The molecule has 5 heteroatoms. The van der Waals surface area contributed by atoms with Gasteiger partial charge in [0.2, 0.25) is 0 Å². The first kappa shape index (κ1) is 15.9. The Hall–Kier alpha value is -1.43. The fourth-order valence-corrected chi connectivity index (χ4v) is 2.78. The molecule has 0 saturated heterocycles. The molecule has 0 aromatic heterocycles. The van der Waals surface area contributed by atoms with Crippen LogP contribution in [0.25, 0.3) is 0 Å². The van der Waals surface area contributed by atoms with Crippen molar-refractivity contribution < 1.29 is 9.13 Å². The van der Waals surface area contributed by atoms with Gasteiger partial charge in [-0.2, -0.15) is 0 Å². The Morgan fingerprint density at radius 1 is 1.29 bits per heavy atom. The van der Waals surface area contributed by atoms with E-state index in [9.17, 15) is 4.39 Å². The number of benzene rings is 2. The Bertz CT molecular complexity index is 634. The Morgan fingerprint density at radius 2 is 2.05 bits per heavy atom. The van der Waals surface area contributed by atoms with Crippen LogP contribution in [0.2, 0.25) is 0 Å². The van der Waals surface area contributed by atoms with Gasteiger partial charge in [-0.1, -0.05) is 34.1 Å². The van der Waals surface area contributed by atoms with Crippen LogP contribution in [0.4, 0.5) is 4.39 Å². The smallest absolute Gasteiger partial charge is 0.124 e. The van der Waals surface area contributed by atoms with Gasteiger partial charge in [0.15, 0.2) is 0 Å². The normalized spacial score (nSPS) is 12.2. The quantitative estimate of drug-likeness (QED) is 0.637. The first-order valence-corrected chi connectivity index (χ1v) is 7.39. The first-order chi connectivity index (χ1) is 10.0. The van der Waals surface area contributed by atoms with Gasteiger partial charge in [0.05, 0.1) is 13.2 Å². The van der Waals surface area contributed by atoms with Crippen LogP contribution in [0.15, 0.2) is 40.9 Å². The van der Waals surface area contributed by atoms with Gasteiger partial charge in [-0.3, -0.25) is 11.3 Å². The number of halogens is 2. The maximum atomic E-state index is 13.2. The van der Waals surface area contributed by atoms with Crippen molar-refractivity contribution in [3.05, 3.63) is 63.4 Å². The molecule has 0 radical (unpaired) electrons. The highest BCUT2D eigenvalue weighted by Gasteiger charge is 2.17. The highest BCUT2D eigenvalue weighted by molar-refractivity contribution is 9.10. The molecule has 1 unspecified atom stereocenters. The molecule has 112 valence electrons. The maximum Gasteiger partial charge on any atom is 0.124 e. The van der Waals surface area contributed by atoms with Gasteiger partial charge in [-0.05, 0) is 42.7 Å². The molecule has 0 amide bonds. The summed E-state index contributed by atoms with van der Waals surface area (Å²) in [5, 5.41) is 0. The van der Waals surface area contributed by atoms with Gasteiger partial charge < -0.3 is 4.74 Å². The zero-order chi connectivity index (χ0) is 15.4.